The van der Waals surface area contributed by atoms with Gasteiger partial charge >= 0.3 is 0 Å². The summed E-state index contributed by atoms with van der Waals surface area (Å²) < 4.78 is 80.0. The van der Waals surface area contributed by atoms with E-state index in [0.717, 1.165) is 31.0 Å². The lowest BCUT2D eigenvalue weighted by Crippen LogP contribution is -2.13. The summed E-state index contributed by atoms with van der Waals surface area (Å²) in [6.07, 6.45) is 0.301. The first-order chi connectivity index (χ1) is 13.1. The quantitative estimate of drug-likeness (QED) is 0.411. The SMILES string of the molecule is [2H]C1CC(CCC)CC([2H])([2H])C1c1ccc(-c2cc(F)c(F)c(F)c2)c(F)c1. The summed E-state index contributed by atoms with van der Waals surface area (Å²) in [5, 5.41) is 0. The van der Waals surface area contributed by atoms with E-state index in [0.29, 0.717) is 18.4 Å². The van der Waals surface area contributed by atoms with Crippen LogP contribution in [0.2, 0.25) is 0 Å². The Morgan fingerprint density at radius 3 is 2.32 bits per heavy atom. The van der Waals surface area contributed by atoms with E-state index in [1.165, 1.54) is 12.1 Å². The molecule has 1 aliphatic rings. The third kappa shape index (κ3) is 3.88. The molecule has 0 bridgehead atoms. The molecule has 0 aliphatic heterocycles. The molecule has 0 aromatic heterocycles. The number of halogens is 4. The molecule has 0 heterocycles. The molecule has 1 fully saturated rings. The highest BCUT2D eigenvalue weighted by atomic mass is 19.2. The number of hydrogen-bond acceptors (Lipinski definition) is 0. The van der Waals surface area contributed by atoms with Gasteiger partial charge in [-0.25, -0.2) is 17.6 Å². The van der Waals surface area contributed by atoms with Gasteiger partial charge in [-0.05, 0) is 66.8 Å². The molecule has 2 aromatic carbocycles. The average molecular weight is 353 g/mol. The van der Waals surface area contributed by atoms with Crippen molar-refractivity contribution in [1.29, 1.82) is 0 Å². The fourth-order valence-electron chi connectivity index (χ4n) is 3.34. The number of rotatable bonds is 4. The van der Waals surface area contributed by atoms with E-state index in [2.05, 4.69) is 0 Å². The second-order valence-corrected chi connectivity index (χ2v) is 6.51. The van der Waals surface area contributed by atoms with E-state index >= 15 is 0 Å². The minimum atomic E-state index is -1.65. The summed E-state index contributed by atoms with van der Waals surface area (Å²) in [7, 11) is 0. The molecule has 3 atom stereocenters. The van der Waals surface area contributed by atoms with E-state index in [4.69, 9.17) is 4.11 Å². The van der Waals surface area contributed by atoms with Gasteiger partial charge in [0.1, 0.15) is 5.82 Å². The first kappa shape index (κ1) is 14.3. The van der Waals surface area contributed by atoms with E-state index in [9.17, 15) is 17.6 Å². The maximum absolute atomic E-state index is 14.7. The molecule has 3 rings (SSSR count). The van der Waals surface area contributed by atoms with Crippen LogP contribution >= 0.6 is 0 Å². The van der Waals surface area contributed by atoms with Crippen molar-refractivity contribution in [3.05, 3.63) is 59.2 Å². The second-order valence-electron chi connectivity index (χ2n) is 6.51. The van der Waals surface area contributed by atoms with Crippen LogP contribution in [-0.2, 0) is 0 Å². The van der Waals surface area contributed by atoms with Crippen LogP contribution < -0.4 is 0 Å². The van der Waals surface area contributed by atoms with Crippen LogP contribution in [0.5, 0.6) is 0 Å². The zero-order valence-electron chi connectivity index (χ0n) is 17.0. The Morgan fingerprint density at radius 2 is 1.72 bits per heavy atom. The van der Waals surface area contributed by atoms with Crippen molar-refractivity contribution >= 4 is 0 Å². The fraction of sp³-hybridized carbons (Fsp3) is 0.429. The van der Waals surface area contributed by atoms with Gasteiger partial charge in [-0.3, -0.25) is 0 Å². The predicted molar refractivity (Wildman–Crippen MR) is 91.3 cm³/mol. The molecule has 0 amide bonds. The highest BCUT2D eigenvalue weighted by Crippen LogP contribution is 2.38. The maximum atomic E-state index is 14.7. The topological polar surface area (TPSA) is 0 Å². The molecule has 0 nitrogen and oxygen atoms in total. The standard InChI is InChI=1S/C21H22F4/c1-2-3-13-4-6-14(7-5-13)15-8-9-17(18(22)10-15)16-11-19(23)21(25)20(24)12-16/h8-14H,2-7H2,1H3/i6D,7D2. The molecule has 1 saturated carbocycles. The lowest BCUT2D eigenvalue weighted by Gasteiger charge is -2.28. The predicted octanol–water partition coefficient (Wildman–Crippen LogP) is 6.98. The van der Waals surface area contributed by atoms with Crippen LogP contribution in [0, 0.1) is 29.2 Å². The van der Waals surface area contributed by atoms with Crippen molar-refractivity contribution in [2.45, 2.75) is 51.3 Å². The van der Waals surface area contributed by atoms with E-state index in [1.807, 2.05) is 6.92 Å². The lowest BCUT2D eigenvalue weighted by molar-refractivity contribution is 0.308. The van der Waals surface area contributed by atoms with Gasteiger partial charge in [-0.2, -0.15) is 0 Å². The monoisotopic (exact) mass is 353 g/mol. The molecule has 134 valence electrons. The van der Waals surface area contributed by atoms with Gasteiger partial charge in [-0.15, -0.1) is 0 Å². The molecule has 0 N–H and O–H groups in total. The maximum Gasteiger partial charge on any atom is 0.194 e. The summed E-state index contributed by atoms with van der Waals surface area (Å²) in [4.78, 5) is 0. The molecule has 1 aliphatic carbocycles. The van der Waals surface area contributed by atoms with E-state index in [1.54, 1.807) is 0 Å². The molecule has 4 heteroatoms. The van der Waals surface area contributed by atoms with Gasteiger partial charge in [0.15, 0.2) is 17.5 Å². The Morgan fingerprint density at radius 1 is 1.00 bits per heavy atom. The van der Waals surface area contributed by atoms with Crippen molar-refractivity contribution in [1.82, 2.24) is 0 Å². The van der Waals surface area contributed by atoms with Crippen molar-refractivity contribution in [2.75, 3.05) is 0 Å². The largest absolute Gasteiger partial charge is 0.206 e. The Kier molecular flexibility index (Phi) is 4.35. The summed E-state index contributed by atoms with van der Waals surface area (Å²) in [6, 6.07) is 5.36. The van der Waals surface area contributed by atoms with Crippen molar-refractivity contribution < 1.29 is 21.7 Å². The van der Waals surface area contributed by atoms with Crippen LogP contribution in [0.1, 0.15) is 61.0 Å². The molecular weight excluding hydrogens is 328 g/mol. The third-order valence-corrected chi connectivity index (χ3v) is 4.68. The van der Waals surface area contributed by atoms with E-state index < -0.39 is 42.0 Å². The van der Waals surface area contributed by atoms with Crippen LogP contribution in [0.15, 0.2) is 30.3 Å². The Labute approximate surface area is 150 Å². The van der Waals surface area contributed by atoms with Crippen molar-refractivity contribution in [2.24, 2.45) is 5.92 Å². The van der Waals surface area contributed by atoms with Gasteiger partial charge in [-0.1, -0.05) is 31.9 Å². The Hall–Kier alpha value is -1.84. The molecule has 0 spiro atoms. The summed E-state index contributed by atoms with van der Waals surface area (Å²) >= 11 is 0. The van der Waals surface area contributed by atoms with Crippen LogP contribution in [0.3, 0.4) is 0 Å². The summed E-state index contributed by atoms with van der Waals surface area (Å²) in [5.41, 5.74) is 0.102. The van der Waals surface area contributed by atoms with Crippen LogP contribution in [0.25, 0.3) is 11.1 Å². The highest BCUT2D eigenvalue weighted by Gasteiger charge is 2.23. The van der Waals surface area contributed by atoms with E-state index in [-0.39, 0.29) is 17.0 Å². The van der Waals surface area contributed by atoms with Gasteiger partial charge < -0.3 is 0 Å². The Balaban J connectivity index is 1.94. The van der Waals surface area contributed by atoms with Gasteiger partial charge in [0.2, 0.25) is 0 Å². The van der Waals surface area contributed by atoms with Gasteiger partial charge in [0.05, 0.1) is 0 Å². The zero-order chi connectivity index (χ0) is 20.6. The fourth-order valence-corrected chi connectivity index (χ4v) is 3.34. The molecule has 3 unspecified atom stereocenters. The zero-order valence-corrected chi connectivity index (χ0v) is 14.0. The summed E-state index contributed by atoms with van der Waals surface area (Å²) in [6.45, 7) is 2.02. The minimum absolute atomic E-state index is 0.108. The molecule has 0 radical (unpaired) electrons. The smallest absolute Gasteiger partial charge is 0.194 e. The summed E-state index contributed by atoms with van der Waals surface area (Å²) in [5.74, 6) is -5.87. The average Bonchev–Trinajstić information content (AvgIpc) is 2.58. The number of benzene rings is 2. The van der Waals surface area contributed by atoms with Crippen LogP contribution in [0.4, 0.5) is 17.6 Å². The van der Waals surface area contributed by atoms with Gasteiger partial charge in [0.25, 0.3) is 0 Å². The Bertz CT molecular complexity index is 846. The van der Waals surface area contributed by atoms with Gasteiger partial charge in [0, 0.05) is 9.68 Å². The van der Waals surface area contributed by atoms with Crippen LogP contribution in [-0.4, -0.2) is 0 Å². The molecule has 25 heavy (non-hydrogen) atoms. The first-order valence-electron chi connectivity index (χ1n) is 10.1. The number of hydrogen-bond donors (Lipinski definition) is 0. The highest BCUT2D eigenvalue weighted by molar-refractivity contribution is 5.65. The molecule has 0 saturated heterocycles. The normalized spacial score (nSPS) is 27.4. The molecular formula is C21H22F4. The van der Waals surface area contributed by atoms with Crippen molar-refractivity contribution in [3.8, 4) is 11.1 Å². The second kappa shape index (κ2) is 7.59. The first-order valence-corrected chi connectivity index (χ1v) is 8.50. The third-order valence-electron chi connectivity index (χ3n) is 4.68. The minimum Gasteiger partial charge on any atom is -0.206 e. The van der Waals surface area contributed by atoms with Crippen molar-refractivity contribution in [3.63, 3.8) is 0 Å². The molecule has 2 aromatic rings. The lowest BCUT2D eigenvalue weighted by atomic mass is 9.77.